The number of anilines is 1. The van der Waals surface area contributed by atoms with E-state index in [9.17, 15) is 22.8 Å². The van der Waals surface area contributed by atoms with Crippen molar-refractivity contribution < 1.29 is 22.8 Å². The summed E-state index contributed by atoms with van der Waals surface area (Å²) in [6, 6.07) is 11.4. The second-order valence-electron chi connectivity index (χ2n) is 10.3. The molecule has 0 bridgehead atoms. The lowest BCUT2D eigenvalue weighted by Gasteiger charge is -2.33. The van der Waals surface area contributed by atoms with Crippen LogP contribution < -0.4 is 16.0 Å². The van der Waals surface area contributed by atoms with E-state index in [4.69, 9.17) is 0 Å². The van der Waals surface area contributed by atoms with Crippen molar-refractivity contribution in [2.24, 2.45) is 0 Å². The quantitative estimate of drug-likeness (QED) is 0.425. The van der Waals surface area contributed by atoms with E-state index in [-0.39, 0.29) is 43.2 Å². The number of carbonyl (C=O) groups excluding carboxylic acids is 2. The molecule has 1 fully saturated rings. The Morgan fingerprint density at radius 2 is 1.82 bits per heavy atom. The number of nitrogens with one attached hydrogen (secondary N) is 3. The van der Waals surface area contributed by atoms with E-state index in [1.54, 1.807) is 13.1 Å². The lowest BCUT2D eigenvalue weighted by atomic mass is 9.95. The van der Waals surface area contributed by atoms with Crippen LogP contribution in [-0.2, 0) is 30.5 Å². The van der Waals surface area contributed by atoms with Gasteiger partial charge in [-0.1, -0.05) is 49.6 Å². The summed E-state index contributed by atoms with van der Waals surface area (Å²) in [6.45, 7) is 1.65. The van der Waals surface area contributed by atoms with Crippen molar-refractivity contribution in [3.05, 3.63) is 64.7 Å². The number of likely N-dealkylation sites (N-methyl/N-ethyl adjacent to an activating group) is 1. The number of carbonyl (C=O) groups is 2. The van der Waals surface area contributed by atoms with Crippen molar-refractivity contribution in [2.75, 3.05) is 38.5 Å². The third-order valence-electron chi connectivity index (χ3n) is 7.58. The molecule has 4 rings (SSSR count). The van der Waals surface area contributed by atoms with Crippen LogP contribution in [0.5, 0.6) is 0 Å². The van der Waals surface area contributed by atoms with Crippen LogP contribution in [0.1, 0.15) is 54.4 Å². The molecule has 0 aromatic heterocycles. The van der Waals surface area contributed by atoms with Crippen LogP contribution in [0.25, 0.3) is 0 Å². The summed E-state index contributed by atoms with van der Waals surface area (Å²) in [5.74, 6) is -0.288. The fourth-order valence-electron chi connectivity index (χ4n) is 5.42. The maximum absolute atomic E-state index is 13.5. The first-order valence-corrected chi connectivity index (χ1v) is 13.7. The maximum atomic E-state index is 13.5. The van der Waals surface area contributed by atoms with E-state index in [1.807, 2.05) is 23.1 Å². The van der Waals surface area contributed by atoms with Gasteiger partial charge in [-0.2, -0.15) is 13.2 Å². The smallest absolute Gasteiger partial charge is 0.376 e. The highest BCUT2D eigenvalue weighted by Crippen LogP contribution is 2.32. The van der Waals surface area contributed by atoms with E-state index in [0.717, 1.165) is 48.6 Å². The summed E-state index contributed by atoms with van der Waals surface area (Å²) >= 11 is 0. The van der Waals surface area contributed by atoms with Gasteiger partial charge in [0.25, 0.3) is 0 Å². The van der Waals surface area contributed by atoms with Gasteiger partial charge < -0.3 is 25.8 Å². The molecule has 0 atom stereocenters. The van der Waals surface area contributed by atoms with Gasteiger partial charge in [0.15, 0.2) is 0 Å². The first-order valence-electron chi connectivity index (χ1n) is 13.7. The minimum absolute atomic E-state index is 0.0274. The second-order valence-corrected chi connectivity index (χ2v) is 10.3. The Balaban J connectivity index is 1.39. The standard InChI is InChI=1S/C29H38F3N5O2/c1-33-15-17-36(20-22-8-5-6-12-25(22)29(30,31)32)27(38)18-34-26-13-7-9-21-19-37(16-14-24(21)26)28(39)35-23-10-3-2-4-11-23/h5-9,12-13,23,33-34H,2-4,10-11,14-20H2,1H3,(H,35,39). The Kier molecular flexibility index (Phi) is 9.72. The third-order valence-corrected chi connectivity index (χ3v) is 7.58. The molecule has 3 N–H and O–H groups in total. The first kappa shape index (κ1) is 28.7. The summed E-state index contributed by atoms with van der Waals surface area (Å²) in [7, 11) is 1.74. The van der Waals surface area contributed by atoms with Crippen LogP contribution >= 0.6 is 0 Å². The van der Waals surface area contributed by atoms with Crippen LogP contribution in [0, 0.1) is 0 Å². The summed E-state index contributed by atoms with van der Waals surface area (Å²) in [6.07, 6.45) is 1.78. The zero-order valence-corrected chi connectivity index (χ0v) is 22.4. The van der Waals surface area contributed by atoms with Gasteiger partial charge in [0.05, 0.1) is 12.1 Å². The van der Waals surface area contributed by atoms with Crippen LogP contribution in [0.4, 0.5) is 23.7 Å². The lowest BCUT2D eigenvalue weighted by Crippen LogP contribution is -2.47. The summed E-state index contributed by atoms with van der Waals surface area (Å²) in [4.78, 5) is 29.3. The summed E-state index contributed by atoms with van der Waals surface area (Å²) in [5, 5.41) is 9.36. The van der Waals surface area contributed by atoms with Gasteiger partial charge in [0.2, 0.25) is 5.91 Å². The number of benzene rings is 2. The Labute approximate surface area is 228 Å². The highest BCUT2D eigenvalue weighted by Gasteiger charge is 2.33. The van der Waals surface area contributed by atoms with Gasteiger partial charge >= 0.3 is 12.2 Å². The lowest BCUT2D eigenvalue weighted by molar-refractivity contribution is -0.139. The number of halogens is 3. The van der Waals surface area contributed by atoms with Gasteiger partial charge in [-0.15, -0.1) is 0 Å². The minimum atomic E-state index is -4.49. The normalized spacial score (nSPS) is 15.9. The number of fused-ring (bicyclic) bond motifs is 1. The molecule has 0 unspecified atom stereocenters. The maximum Gasteiger partial charge on any atom is 0.416 e. The summed E-state index contributed by atoms with van der Waals surface area (Å²) in [5.41, 5.74) is 2.25. The van der Waals surface area contributed by atoms with E-state index >= 15 is 0 Å². The molecule has 0 spiro atoms. The molecule has 10 heteroatoms. The molecule has 0 radical (unpaired) electrons. The Bertz CT molecular complexity index is 1130. The number of urea groups is 1. The second kappa shape index (κ2) is 13.2. The topological polar surface area (TPSA) is 76.7 Å². The average Bonchev–Trinajstić information content (AvgIpc) is 2.93. The van der Waals surface area contributed by atoms with E-state index < -0.39 is 11.7 Å². The fraction of sp³-hybridized carbons (Fsp3) is 0.517. The predicted octanol–water partition coefficient (Wildman–Crippen LogP) is 4.77. The van der Waals surface area contributed by atoms with Crippen molar-refractivity contribution in [3.8, 4) is 0 Å². The molecule has 7 nitrogen and oxygen atoms in total. The van der Waals surface area contributed by atoms with Gasteiger partial charge in [-0.05, 0) is 55.1 Å². The first-order chi connectivity index (χ1) is 18.8. The summed E-state index contributed by atoms with van der Waals surface area (Å²) < 4.78 is 40.6. The number of alkyl halides is 3. The largest absolute Gasteiger partial charge is 0.416 e. The van der Waals surface area contributed by atoms with Crippen molar-refractivity contribution >= 4 is 17.6 Å². The Morgan fingerprint density at radius 1 is 1.05 bits per heavy atom. The SMILES string of the molecule is CNCCN(Cc1ccccc1C(F)(F)F)C(=O)CNc1cccc2c1CCN(C(=O)NC1CCCCC1)C2. The van der Waals surface area contributed by atoms with Crippen LogP contribution in [0.15, 0.2) is 42.5 Å². The monoisotopic (exact) mass is 545 g/mol. The van der Waals surface area contributed by atoms with E-state index in [0.29, 0.717) is 26.1 Å². The minimum Gasteiger partial charge on any atom is -0.376 e. The number of nitrogens with zero attached hydrogens (tertiary/aromatic N) is 2. The highest BCUT2D eigenvalue weighted by molar-refractivity contribution is 5.81. The molecule has 2 aromatic rings. The Morgan fingerprint density at radius 3 is 2.56 bits per heavy atom. The van der Waals surface area contributed by atoms with Crippen molar-refractivity contribution in [1.82, 2.24) is 20.4 Å². The zero-order chi connectivity index (χ0) is 27.8. The molecule has 2 aromatic carbocycles. The van der Waals surface area contributed by atoms with Crippen LogP contribution in [0.2, 0.25) is 0 Å². The molecule has 1 aliphatic carbocycles. The third kappa shape index (κ3) is 7.65. The van der Waals surface area contributed by atoms with Crippen molar-refractivity contribution in [3.63, 3.8) is 0 Å². The molecular formula is C29H38F3N5O2. The van der Waals surface area contributed by atoms with Gasteiger partial charge in [0, 0.05) is 44.5 Å². The predicted molar refractivity (Wildman–Crippen MR) is 145 cm³/mol. The molecule has 1 saturated carbocycles. The van der Waals surface area contributed by atoms with Crippen molar-refractivity contribution in [2.45, 2.75) is 63.8 Å². The Hall–Kier alpha value is -3.27. The highest BCUT2D eigenvalue weighted by atomic mass is 19.4. The molecule has 39 heavy (non-hydrogen) atoms. The van der Waals surface area contributed by atoms with Gasteiger partial charge in [0.1, 0.15) is 0 Å². The molecule has 2 aliphatic rings. The molecule has 1 aliphatic heterocycles. The fourth-order valence-corrected chi connectivity index (χ4v) is 5.42. The van der Waals surface area contributed by atoms with Gasteiger partial charge in [-0.3, -0.25) is 4.79 Å². The number of hydrogen-bond donors (Lipinski definition) is 3. The van der Waals surface area contributed by atoms with E-state index in [2.05, 4.69) is 16.0 Å². The van der Waals surface area contributed by atoms with E-state index in [1.165, 1.54) is 23.5 Å². The molecular weight excluding hydrogens is 507 g/mol. The number of rotatable bonds is 9. The van der Waals surface area contributed by atoms with Crippen LogP contribution in [0.3, 0.4) is 0 Å². The van der Waals surface area contributed by atoms with Gasteiger partial charge in [-0.25, -0.2) is 4.79 Å². The molecule has 212 valence electrons. The number of amides is 3. The zero-order valence-electron chi connectivity index (χ0n) is 22.4. The molecule has 3 amide bonds. The average molecular weight is 546 g/mol. The molecule has 1 heterocycles. The van der Waals surface area contributed by atoms with Crippen molar-refractivity contribution in [1.29, 1.82) is 0 Å². The number of hydrogen-bond acceptors (Lipinski definition) is 4. The van der Waals surface area contributed by atoms with Crippen LogP contribution in [-0.4, -0.2) is 61.0 Å². The molecule has 0 saturated heterocycles.